The van der Waals surface area contributed by atoms with Crippen molar-refractivity contribution in [1.82, 2.24) is 5.32 Å². The van der Waals surface area contributed by atoms with Gasteiger partial charge in [-0.1, -0.05) is 31.2 Å². The minimum atomic E-state index is 0.00246. The minimum Gasteiger partial charge on any atom is -0.323 e. The summed E-state index contributed by atoms with van der Waals surface area (Å²) in [7, 11) is 1.99. The molecule has 2 rings (SSSR count). The number of rotatable bonds is 4. The smallest absolute Gasteiger partial charge is 0.0500 e. The lowest BCUT2D eigenvalue weighted by Gasteiger charge is -2.23. The zero-order valence-corrected chi connectivity index (χ0v) is 9.59. The van der Waals surface area contributed by atoms with Gasteiger partial charge in [-0.05, 0) is 37.4 Å². The molecule has 1 unspecified atom stereocenters. The Morgan fingerprint density at radius 3 is 2.33 bits per heavy atom. The molecule has 1 saturated carbocycles. The fourth-order valence-electron chi connectivity index (χ4n) is 2.16. The van der Waals surface area contributed by atoms with E-state index in [0.29, 0.717) is 6.04 Å². The van der Waals surface area contributed by atoms with E-state index in [0.717, 1.165) is 19.3 Å². The van der Waals surface area contributed by atoms with E-state index in [4.69, 9.17) is 5.73 Å². The largest absolute Gasteiger partial charge is 0.323 e. The molecule has 1 aliphatic carbocycles. The van der Waals surface area contributed by atoms with Gasteiger partial charge in [-0.25, -0.2) is 0 Å². The normalized spacial score (nSPS) is 19.9. The highest BCUT2D eigenvalue weighted by molar-refractivity contribution is 5.29. The van der Waals surface area contributed by atoms with E-state index in [2.05, 4.69) is 36.5 Å². The average molecular weight is 204 g/mol. The Kier molecular flexibility index (Phi) is 2.81. The van der Waals surface area contributed by atoms with Crippen molar-refractivity contribution in [2.24, 2.45) is 5.73 Å². The summed E-state index contributed by atoms with van der Waals surface area (Å²) in [6.45, 7) is 2.18. The van der Waals surface area contributed by atoms with E-state index >= 15 is 0 Å². The number of hydrogen-bond donors (Lipinski definition) is 2. The predicted molar refractivity (Wildman–Crippen MR) is 63.8 cm³/mol. The molecular weight excluding hydrogens is 184 g/mol. The Balaban J connectivity index is 2.19. The van der Waals surface area contributed by atoms with Crippen molar-refractivity contribution in [3.05, 3.63) is 35.4 Å². The summed E-state index contributed by atoms with van der Waals surface area (Å²) in [4.78, 5) is 0. The maximum atomic E-state index is 6.24. The number of benzene rings is 1. The van der Waals surface area contributed by atoms with Crippen LogP contribution in [0.15, 0.2) is 24.3 Å². The quantitative estimate of drug-likeness (QED) is 0.787. The van der Waals surface area contributed by atoms with Crippen molar-refractivity contribution in [2.45, 2.75) is 37.8 Å². The molecule has 2 nitrogen and oxygen atoms in total. The Morgan fingerprint density at radius 2 is 1.93 bits per heavy atom. The van der Waals surface area contributed by atoms with Crippen LogP contribution in [0.25, 0.3) is 0 Å². The summed E-state index contributed by atoms with van der Waals surface area (Å²) in [6.07, 6.45) is 3.36. The highest BCUT2D eigenvalue weighted by atomic mass is 15.0. The second-order valence-corrected chi connectivity index (χ2v) is 4.55. The van der Waals surface area contributed by atoms with Gasteiger partial charge >= 0.3 is 0 Å². The first kappa shape index (κ1) is 10.7. The van der Waals surface area contributed by atoms with Gasteiger partial charge in [0.15, 0.2) is 0 Å². The summed E-state index contributed by atoms with van der Waals surface area (Å²) in [5, 5.41) is 3.33. The van der Waals surface area contributed by atoms with E-state index in [1.54, 1.807) is 0 Å². The Labute approximate surface area is 91.9 Å². The third-order valence-electron chi connectivity index (χ3n) is 3.41. The SMILES string of the molecule is CCc1ccc(C(NC)C2(N)CC2)cc1. The molecular formula is C13H20N2. The first-order valence-electron chi connectivity index (χ1n) is 5.74. The molecule has 0 saturated heterocycles. The lowest BCUT2D eigenvalue weighted by atomic mass is 9.97. The highest BCUT2D eigenvalue weighted by Gasteiger charge is 2.45. The molecule has 1 aromatic carbocycles. The molecule has 0 heterocycles. The third-order valence-corrected chi connectivity index (χ3v) is 3.41. The zero-order chi connectivity index (χ0) is 10.9. The van der Waals surface area contributed by atoms with E-state index in [9.17, 15) is 0 Å². The third kappa shape index (κ3) is 2.06. The lowest BCUT2D eigenvalue weighted by Crippen LogP contribution is -2.38. The molecule has 1 fully saturated rings. The van der Waals surface area contributed by atoms with Crippen LogP contribution in [0.5, 0.6) is 0 Å². The molecule has 15 heavy (non-hydrogen) atoms. The van der Waals surface area contributed by atoms with Crippen molar-refractivity contribution in [1.29, 1.82) is 0 Å². The number of aryl methyl sites for hydroxylation is 1. The first-order valence-corrected chi connectivity index (χ1v) is 5.74. The van der Waals surface area contributed by atoms with Crippen molar-refractivity contribution >= 4 is 0 Å². The van der Waals surface area contributed by atoms with Crippen LogP contribution in [-0.2, 0) is 6.42 Å². The zero-order valence-electron chi connectivity index (χ0n) is 9.59. The second kappa shape index (κ2) is 3.95. The van der Waals surface area contributed by atoms with Gasteiger partial charge in [-0.15, -0.1) is 0 Å². The van der Waals surface area contributed by atoms with Gasteiger partial charge in [0.1, 0.15) is 0 Å². The van der Waals surface area contributed by atoms with Crippen LogP contribution in [0, 0.1) is 0 Å². The minimum absolute atomic E-state index is 0.00246. The predicted octanol–water partition coefficient (Wildman–Crippen LogP) is 2.00. The van der Waals surface area contributed by atoms with Gasteiger partial charge in [-0.2, -0.15) is 0 Å². The molecule has 0 bridgehead atoms. The lowest BCUT2D eigenvalue weighted by molar-refractivity contribution is 0.461. The maximum absolute atomic E-state index is 6.24. The number of hydrogen-bond acceptors (Lipinski definition) is 2. The maximum Gasteiger partial charge on any atom is 0.0500 e. The van der Waals surface area contributed by atoms with Crippen LogP contribution in [0.4, 0.5) is 0 Å². The van der Waals surface area contributed by atoms with Crippen LogP contribution in [0.2, 0.25) is 0 Å². The Morgan fingerprint density at radius 1 is 1.33 bits per heavy atom. The average Bonchev–Trinajstić information content (AvgIpc) is 2.99. The second-order valence-electron chi connectivity index (χ2n) is 4.55. The first-order chi connectivity index (χ1) is 7.19. The summed E-state index contributed by atoms with van der Waals surface area (Å²) >= 11 is 0. The monoisotopic (exact) mass is 204 g/mol. The molecule has 2 heteroatoms. The molecule has 1 aliphatic rings. The highest BCUT2D eigenvalue weighted by Crippen LogP contribution is 2.43. The van der Waals surface area contributed by atoms with E-state index in [1.807, 2.05) is 7.05 Å². The van der Waals surface area contributed by atoms with Crippen molar-refractivity contribution in [3.63, 3.8) is 0 Å². The Hall–Kier alpha value is -0.860. The van der Waals surface area contributed by atoms with E-state index in [1.165, 1.54) is 11.1 Å². The van der Waals surface area contributed by atoms with Crippen molar-refractivity contribution in [2.75, 3.05) is 7.05 Å². The molecule has 0 amide bonds. The van der Waals surface area contributed by atoms with Crippen molar-refractivity contribution in [3.8, 4) is 0 Å². The van der Waals surface area contributed by atoms with Crippen molar-refractivity contribution < 1.29 is 0 Å². The van der Waals surface area contributed by atoms with E-state index < -0.39 is 0 Å². The van der Waals surface area contributed by atoms with Gasteiger partial charge in [0.25, 0.3) is 0 Å². The summed E-state index contributed by atoms with van der Waals surface area (Å²) in [6, 6.07) is 9.11. The van der Waals surface area contributed by atoms with Crippen LogP contribution >= 0.6 is 0 Å². The summed E-state index contributed by atoms with van der Waals surface area (Å²) in [5.41, 5.74) is 8.94. The molecule has 0 radical (unpaired) electrons. The fraction of sp³-hybridized carbons (Fsp3) is 0.538. The molecule has 0 aliphatic heterocycles. The van der Waals surface area contributed by atoms with Crippen LogP contribution in [0.1, 0.15) is 36.9 Å². The number of nitrogens with one attached hydrogen (secondary N) is 1. The van der Waals surface area contributed by atoms with Gasteiger partial charge in [-0.3, -0.25) is 0 Å². The van der Waals surface area contributed by atoms with Gasteiger partial charge in [0.2, 0.25) is 0 Å². The molecule has 3 N–H and O–H groups in total. The number of likely N-dealkylation sites (N-methyl/N-ethyl adjacent to an activating group) is 1. The molecule has 0 spiro atoms. The molecule has 82 valence electrons. The van der Waals surface area contributed by atoms with Gasteiger partial charge < -0.3 is 11.1 Å². The van der Waals surface area contributed by atoms with Crippen LogP contribution < -0.4 is 11.1 Å². The van der Waals surface area contributed by atoms with Crippen LogP contribution in [-0.4, -0.2) is 12.6 Å². The molecule has 1 aromatic rings. The number of nitrogens with two attached hydrogens (primary N) is 1. The fourth-order valence-corrected chi connectivity index (χ4v) is 2.16. The standard InChI is InChI=1S/C13H20N2/c1-3-10-4-6-11(7-5-10)12(15-2)13(14)8-9-13/h4-7,12,15H,3,8-9,14H2,1-2H3. The van der Waals surface area contributed by atoms with E-state index in [-0.39, 0.29) is 5.54 Å². The molecule has 1 atom stereocenters. The topological polar surface area (TPSA) is 38.0 Å². The Bertz CT molecular complexity index is 325. The summed E-state index contributed by atoms with van der Waals surface area (Å²) in [5.74, 6) is 0. The molecule has 0 aromatic heterocycles. The van der Waals surface area contributed by atoms with Gasteiger partial charge in [0.05, 0.1) is 6.04 Å². The van der Waals surface area contributed by atoms with Gasteiger partial charge in [0, 0.05) is 5.54 Å². The van der Waals surface area contributed by atoms with Crippen LogP contribution in [0.3, 0.4) is 0 Å². The summed E-state index contributed by atoms with van der Waals surface area (Å²) < 4.78 is 0.